The third-order valence-corrected chi connectivity index (χ3v) is 5.92. The molecule has 0 aliphatic rings. The van der Waals surface area contributed by atoms with E-state index in [0.717, 1.165) is 62.8 Å². The van der Waals surface area contributed by atoms with E-state index in [-0.39, 0.29) is 28.2 Å². The Kier molecular flexibility index (Phi) is 8.05. The fraction of sp³-hybridized carbons (Fsp3) is 0.286. The third-order valence-electron chi connectivity index (χ3n) is 5.92. The number of hydrogen-bond donors (Lipinski definition) is 0. The molecule has 0 bridgehead atoms. The van der Waals surface area contributed by atoms with Crippen molar-refractivity contribution in [3.05, 3.63) is 88.5 Å². The van der Waals surface area contributed by atoms with E-state index in [9.17, 15) is 35.9 Å². The molecule has 0 unspecified atom stereocenters. The topological polar surface area (TPSA) is 55.8 Å². The summed E-state index contributed by atoms with van der Waals surface area (Å²) in [6.07, 6.45) is -9.30. The number of carbonyl (C=O) groups excluding carboxylic acids is 2. The zero-order chi connectivity index (χ0) is 29.3. The van der Waals surface area contributed by atoms with E-state index in [1.807, 2.05) is 20.8 Å². The minimum absolute atomic E-state index is 0.0292. The number of alkyl halides is 6. The quantitative estimate of drug-likeness (QED) is 0.236. The van der Waals surface area contributed by atoms with Crippen LogP contribution in [0.2, 0.25) is 0 Å². The highest BCUT2D eigenvalue weighted by Crippen LogP contribution is 2.43. The predicted molar refractivity (Wildman–Crippen MR) is 133 cm³/mol. The summed E-state index contributed by atoms with van der Waals surface area (Å²) in [5.41, 5.74) is -2.35. The van der Waals surface area contributed by atoms with E-state index in [2.05, 4.69) is 0 Å². The maximum Gasteiger partial charge on any atom is 0.416 e. The molecule has 0 aromatic heterocycles. The summed E-state index contributed by atoms with van der Waals surface area (Å²) < 4.78 is 89.5. The largest absolute Gasteiger partial charge is 0.465 e. The molecule has 39 heavy (non-hydrogen) atoms. The van der Waals surface area contributed by atoms with Gasteiger partial charge in [-0.15, -0.1) is 0 Å². The smallest absolute Gasteiger partial charge is 0.416 e. The van der Waals surface area contributed by atoms with Gasteiger partial charge in [0.15, 0.2) is 0 Å². The molecule has 3 aromatic rings. The molecule has 11 heteroatoms. The summed E-state index contributed by atoms with van der Waals surface area (Å²) in [6, 6.07) is 10.4. The zero-order valence-electron chi connectivity index (χ0n) is 21.6. The van der Waals surface area contributed by atoms with Crippen LogP contribution in [0.4, 0.5) is 43.4 Å². The number of anilines is 3. The second-order valence-electron chi connectivity index (χ2n) is 9.58. The summed E-state index contributed by atoms with van der Waals surface area (Å²) in [7, 11) is 2.21. The molecule has 0 saturated heterocycles. The lowest BCUT2D eigenvalue weighted by Gasteiger charge is -2.31. The predicted octanol–water partition coefficient (Wildman–Crippen LogP) is 8.06. The van der Waals surface area contributed by atoms with E-state index in [1.165, 1.54) is 17.0 Å². The van der Waals surface area contributed by atoms with Crippen LogP contribution in [0.5, 0.6) is 0 Å². The monoisotopic (exact) mass is 553 g/mol. The Balaban J connectivity index is 2.44. The Labute approximate surface area is 220 Å². The summed E-state index contributed by atoms with van der Waals surface area (Å²) in [6.45, 7) is 5.48. The Morgan fingerprint density at radius 3 is 1.21 bits per heavy atom. The normalized spacial score (nSPS) is 12.2. The molecule has 3 rings (SSSR count). The molecular weight excluding hydrogens is 528 g/mol. The number of esters is 2. The van der Waals surface area contributed by atoms with E-state index < -0.39 is 40.8 Å². The first-order chi connectivity index (χ1) is 18.0. The molecule has 0 N–H and O–H groups in total. The molecule has 0 aliphatic heterocycles. The fourth-order valence-corrected chi connectivity index (χ4v) is 3.85. The van der Waals surface area contributed by atoms with E-state index in [0.29, 0.717) is 5.56 Å². The summed E-state index contributed by atoms with van der Waals surface area (Å²) in [5, 5.41) is 0. The molecule has 0 saturated carbocycles. The number of methoxy groups -OCH3 is 2. The second kappa shape index (κ2) is 10.6. The molecule has 0 atom stereocenters. The molecular formula is C28H25F6NO4. The molecule has 0 amide bonds. The number of hydrogen-bond acceptors (Lipinski definition) is 5. The average molecular weight is 553 g/mol. The van der Waals surface area contributed by atoms with E-state index in [4.69, 9.17) is 9.47 Å². The van der Waals surface area contributed by atoms with E-state index >= 15 is 0 Å². The van der Waals surface area contributed by atoms with Gasteiger partial charge < -0.3 is 14.4 Å². The second-order valence-corrected chi connectivity index (χ2v) is 9.58. The van der Waals surface area contributed by atoms with Crippen LogP contribution in [-0.2, 0) is 27.2 Å². The van der Waals surface area contributed by atoms with Gasteiger partial charge in [0.1, 0.15) is 0 Å². The maximum absolute atomic E-state index is 13.3. The van der Waals surface area contributed by atoms with Crippen molar-refractivity contribution < 1.29 is 45.4 Å². The highest BCUT2D eigenvalue weighted by Gasteiger charge is 2.34. The molecule has 3 aromatic carbocycles. The Hall–Kier alpha value is -4.02. The Morgan fingerprint density at radius 2 is 0.949 bits per heavy atom. The first-order valence-electron chi connectivity index (χ1n) is 11.5. The van der Waals surface area contributed by atoms with Gasteiger partial charge in [-0.25, -0.2) is 9.59 Å². The number of nitrogens with zero attached hydrogens (tertiary/aromatic N) is 1. The van der Waals surface area contributed by atoms with Crippen LogP contribution >= 0.6 is 0 Å². The number of halogens is 6. The Bertz CT molecular complexity index is 1260. The standard InChI is InChI=1S/C28H25F6NO4/c1-26(2,3)18-14-21(24(36)38-4)23(22(15-18)25(37)39-5)35(19-10-6-16(7-11-19)27(29,30)31)20-12-8-17(9-13-20)28(32,33)34/h6-15H,1-5H3. The van der Waals surface area contributed by atoms with Gasteiger partial charge in [0.05, 0.1) is 42.2 Å². The van der Waals surface area contributed by atoms with Gasteiger partial charge in [0, 0.05) is 11.4 Å². The summed E-state index contributed by atoms with van der Waals surface area (Å²) in [4.78, 5) is 27.2. The van der Waals surface area contributed by atoms with Gasteiger partial charge >= 0.3 is 24.3 Å². The van der Waals surface area contributed by atoms with Crippen LogP contribution in [-0.4, -0.2) is 26.2 Å². The Morgan fingerprint density at radius 1 is 0.615 bits per heavy atom. The first-order valence-corrected chi connectivity index (χ1v) is 11.5. The van der Waals surface area contributed by atoms with Crippen molar-refractivity contribution in [2.75, 3.05) is 19.1 Å². The van der Waals surface area contributed by atoms with Crippen molar-refractivity contribution >= 4 is 29.0 Å². The molecule has 208 valence electrons. The fourth-order valence-electron chi connectivity index (χ4n) is 3.85. The van der Waals surface area contributed by atoms with Crippen LogP contribution in [0.15, 0.2) is 60.7 Å². The number of carbonyl (C=O) groups is 2. The van der Waals surface area contributed by atoms with E-state index in [1.54, 1.807) is 0 Å². The highest BCUT2D eigenvalue weighted by atomic mass is 19.4. The molecule has 0 radical (unpaired) electrons. The van der Waals surface area contributed by atoms with Crippen molar-refractivity contribution in [2.24, 2.45) is 0 Å². The van der Waals surface area contributed by atoms with Crippen LogP contribution < -0.4 is 4.90 Å². The molecule has 0 heterocycles. The van der Waals surface area contributed by atoms with Gasteiger partial charge in [-0.2, -0.15) is 26.3 Å². The van der Waals surface area contributed by atoms with Gasteiger partial charge in [-0.1, -0.05) is 20.8 Å². The molecule has 0 fully saturated rings. The van der Waals surface area contributed by atoms with Gasteiger partial charge in [-0.05, 0) is 71.6 Å². The summed E-state index contributed by atoms with van der Waals surface area (Å²) in [5.74, 6) is -1.77. The molecule has 5 nitrogen and oxygen atoms in total. The van der Waals surface area contributed by atoms with Crippen molar-refractivity contribution in [1.82, 2.24) is 0 Å². The van der Waals surface area contributed by atoms with Gasteiger partial charge in [-0.3, -0.25) is 0 Å². The lowest BCUT2D eigenvalue weighted by molar-refractivity contribution is -0.138. The maximum atomic E-state index is 13.3. The number of benzene rings is 3. The lowest BCUT2D eigenvalue weighted by Crippen LogP contribution is -2.22. The van der Waals surface area contributed by atoms with Gasteiger partial charge in [0.25, 0.3) is 0 Å². The third kappa shape index (κ3) is 6.35. The van der Waals surface area contributed by atoms with Crippen LogP contribution in [0.3, 0.4) is 0 Å². The van der Waals surface area contributed by atoms with Gasteiger partial charge in [0.2, 0.25) is 0 Å². The zero-order valence-corrected chi connectivity index (χ0v) is 21.6. The van der Waals surface area contributed by atoms with Crippen LogP contribution in [0, 0.1) is 0 Å². The van der Waals surface area contributed by atoms with Crippen molar-refractivity contribution in [2.45, 2.75) is 38.5 Å². The average Bonchev–Trinajstić information content (AvgIpc) is 2.86. The van der Waals surface area contributed by atoms with Crippen molar-refractivity contribution in [3.8, 4) is 0 Å². The minimum Gasteiger partial charge on any atom is -0.465 e. The minimum atomic E-state index is -4.65. The van der Waals surface area contributed by atoms with Crippen LogP contribution in [0.25, 0.3) is 0 Å². The summed E-state index contributed by atoms with van der Waals surface area (Å²) >= 11 is 0. The molecule has 0 aliphatic carbocycles. The SMILES string of the molecule is COC(=O)c1cc(C(C)(C)C)cc(C(=O)OC)c1N(c1ccc(C(F)(F)F)cc1)c1ccc(C(F)(F)F)cc1. The van der Waals surface area contributed by atoms with Crippen molar-refractivity contribution in [1.29, 1.82) is 0 Å². The highest BCUT2D eigenvalue weighted by molar-refractivity contribution is 6.07. The van der Waals surface area contributed by atoms with Crippen molar-refractivity contribution in [3.63, 3.8) is 0 Å². The van der Waals surface area contributed by atoms with Crippen LogP contribution in [0.1, 0.15) is 58.2 Å². The number of rotatable bonds is 5. The molecule has 0 spiro atoms. The lowest BCUT2D eigenvalue weighted by atomic mass is 9.84. The first kappa shape index (κ1) is 29.5. The number of ether oxygens (including phenoxy) is 2.